The molecule has 0 aromatic rings. The lowest BCUT2D eigenvalue weighted by molar-refractivity contribution is 0.549. The molecule has 0 amide bonds. The summed E-state index contributed by atoms with van der Waals surface area (Å²) in [6, 6.07) is 0. The highest BCUT2D eigenvalue weighted by atomic mass is 35.5. The molecule has 0 spiro atoms. The topological polar surface area (TPSA) is 6.48 Å². The van der Waals surface area contributed by atoms with Crippen molar-refractivity contribution in [2.24, 2.45) is 0 Å². The standard InChI is InChI=1S/C4H12BN2.ClH/c1-6(2)5-7(3)4;/h1-4H3;1H. The van der Waals surface area contributed by atoms with Crippen molar-refractivity contribution in [3.63, 3.8) is 0 Å². The predicted molar refractivity (Wildman–Crippen MR) is 40.4 cm³/mol. The summed E-state index contributed by atoms with van der Waals surface area (Å²) in [5.41, 5.74) is 0. The maximum absolute atomic E-state index is 2.00. The highest BCUT2D eigenvalue weighted by molar-refractivity contribution is 6.27. The van der Waals surface area contributed by atoms with E-state index >= 15 is 0 Å². The Labute approximate surface area is 58.5 Å². The van der Waals surface area contributed by atoms with Gasteiger partial charge >= 0.3 is 7.55 Å². The van der Waals surface area contributed by atoms with E-state index in [1.807, 2.05) is 45.4 Å². The molecular weight excluding hydrogens is 122 g/mol. The minimum Gasteiger partial charge on any atom is -0.337 e. The summed E-state index contributed by atoms with van der Waals surface area (Å²) >= 11 is 0. The molecule has 2 nitrogen and oxygen atoms in total. The second-order valence-corrected chi connectivity index (χ2v) is 2.04. The third-order valence-electron chi connectivity index (χ3n) is 0.462. The Hall–Kier alpha value is 0.275. The molecule has 0 N–H and O–H groups in total. The SMILES string of the molecule is CN(C)[B]N(C)C.Cl. The van der Waals surface area contributed by atoms with E-state index in [9.17, 15) is 0 Å². The zero-order chi connectivity index (χ0) is 5.86. The van der Waals surface area contributed by atoms with Crippen LogP contribution in [0.1, 0.15) is 0 Å². The number of nitrogens with zero attached hydrogens (tertiary/aromatic N) is 2. The molecule has 0 aromatic carbocycles. The second-order valence-electron chi connectivity index (χ2n) is 2.04. The van der Waals surface area contributed by atoms with Gasteiger partial charge < -0.3 is 9.62 Å². The summed E-state index contributed by atoms with van der Waals surface area (Å²) in [7, 11) is 10.0. The molecule has 0 aliphatic heterocycles. The van der Waals surface area contributed by atoms with Gasteiger partial charge in [0.2, 0.25) is 0 Å². The van der Waals surface area contributed by atoms with Crippen LogP contribution in [0.5, 0.6) is 0 Å². The molecule has 0 unspecified atom stereocenters. The van der Waals surface area contributed by atoms with E-state index in [1.165, 1.54) is 0 Å². The van der Waals surface area contributed by atoms with Gasteiger partial charge in [-0.3, -0.25) is 0 Å². The number of halogens is 1. The lowest BCUT2D eigenvalue weighted by Gasteiger charge is -2.12. The van der Waals surface area contributed by atoms with Crippen LogP contribution in [0.15, 0.2) is 0 Å². The van der Waals surface area contributed by atoms with Crippen molar-refractivity contribution < 1.29 is 0 Å². The van der Waals surface area contributed by atoms with Gasteiger partial charge in [0, 0.05) is 0 Å². The molecule has 0 rings (SSSR count). The third-order valence-corrected chi connectivity index (χ3v) is 0.462. The van der Waals surface area contributed by atoms with Crippen molar-refractivity contribution in [3.8, 4) is 0 Å². The normalized spacial score (nSPS) is 9.25. The van der Waals surface area contributed by atoms with Crippen molar-refractivity contribution >= 4 is 20.0 Å². The summed E-state index contributed by atoms with van der Waals surface area (Å²) < 4.78 is 0. The highest BCUT2D eigenvalue weighted by Gasteiger charge is 1.93. The van der Waals surface area contributed by atoms with Gasteiger partial charge in [0.05, 0.1) is 0 Å². The van der Waals surface area contributed by atoms with Crippen LogP contribution in [0.25, 0.3) is 0 Å². The van der Waals surface area contributed by atoms with Crippen LogP contribution in [0, 0.1) is 0 Å². The Morgan fingerprint density at radius 1 is 0.875 bits per heavy atom. The first-order chi connectivity index (χ1) is 3.13. The van der Waals surface area contributed by atoms with Crippen molar-refractivity contribution in [2.45, 2.75) is 0 Å². The summed E-state index contributed by atoms with van der Waals surface area (Å²) in [5.74, 6) is 0. The Morgan fingerprint density at radius 3 is 1.12 bits per heavy atom. The smallest absolute Gasteiger partial charge is 0.312 e. The van der Waals surface area contributed by atoms with E-state index in [-0.39, 0.29) is 12.4 Å². The van der Waals surface area contributed by atoms with E-state index < -0.39 is 0 Å². The molecule has 0 saturated heterocycles. The third kappa shape index (κ3) is 9.55. The molecule has 0 aliphatic carbocycles. The molecule has 0 heterocycles. The van der Waals surface area contributed by atoms with Crippen molar-refractivity contribution in [2.75, 3.05) is 28.2 Å². The predicted octanol–water partition coefficient (Wildman–Crippen LogP) is 0.0656. The van der Waals surface area contributed by atoms with Gasteiger partial charge in [-0.15, -0.1) is 12.4 Å². The van der Waals surface area contributed by atoms with Crippen LogP contribution in [0.4, 0.5) is 0 Å². The average molecular weight is 135 g/mol. The minimum atomic E-state index is 0. The summed E-state index contributed by atoms with van der Waals surface area (Å²) in [6.07, 6.45) is 0. The maximum Gasteiger partial charge on any atom is 0.312 e. The van der Waals surface area contributed by atoms with E-state index in [4.69, 9.17) is 0 Å². The number of hydrogen-bond donors (Lipinski definition) is 0. The molecule has 4 heteroatoms. The van der Waals surface area contributed by atoms with Crippen molar-refractivity contribution in [1.29, 1.82) is 0 Å². The van der Waals surface area contributed by atoms with Gasteiger partial charge in [0.15, 0.2) is 0 Å². The van der Waals surface area contributed by atoms with Crippen molar-refractivity contribution in [1.82, 2.24) is 9.62 Å². The Morgan fingerprint density at radius 2 is 1.12 bits per heavy atom. The van der Waals surface area contributed by atoms with E-state index in [0.717, 1.165) is 0 Å². The first-order valence-corrected chi connectivity index (χ1v) is 2.31. The van der Waals surface area contributed by atoms with Crippen LogP contribution in [-0.4, -0.2) is 45.4 Å². The first kappa shape index (κ1) is 11.1. The Bertz CT molecular complexity index is 43.3. The highest BCUT2D eigenvalue weighted by Crippen LogP contribution is 1.70. The number of rotatable bonds is 2. The van der Waals surface area contributed by atoms with Crippen LogP contribution in [-0.2, 0) is 0 Å². The Balaban J connectivity index is 0. The molecule has 49 valence electrons. The number of hydrogen-bond acceptors (Lipinski definition) is 2. The summed E-state index contributed by atoms with van der Waals surface area (Å²) in [6.45, 7) is 0. The molecule has 8 heavy (non-hydrogen) atoms. The van der Waals surface area contributed by atoms with Crippen LogP contribution in [0.2, 0.25) is 0 Å². The zero-order valence-electron chi connectivity index (χ0n) is 5.88. The van der Waals surface area contributed by atoms with E-state index in [2.05, 4.69) is 0 Å². The van der Waals surface area contributed by atoms with Crippen molar-refractivity contribution in [3.05, 3.63) is 0 Å². The van der Waals surface area contributed by atoms with Gasteiger partial charge in [-0.25, -0.2) is 0 Å². The average Bonchev–Trinajstić information content (AvgIpc) is 1.27. The van der Waals surface area contributed by atoms with Gasteiger partial charge in [0.25, 0.3) is 0 Å². The fourth-order valence-electron chi connectivity index (χ4n) is 0.462. The molecule has 1 radical (unpaired) electrons. The fourth-order valence-corrected chi connectivity index (χ4v) is 0.462. The second kappa shape index (κ2) is 5.41. The molecule has 0 atom stereocenters. The Kier molecular flexibility index (Phi) is 7.52. The van der Waals surface area contributed by atoms with E-state index in [0.29, 0.717) is 0 Å². The van der Waals surface area contributed by atoms with Gasteiger partial charge in [-0.2, -0.15) is 0 Å². The lowest BCUT2D eigenvalue weighted by Crippen LogP contribution is -2.31. The molecule has 0 aliphatic rings. The largest absolute Gasteiger partial charge is 0.337 e. The quantitative estimate of drug-likeness (QED) is 0.494. The summed E-state index contributed by atoms with van der Waals surface area (Å²) in [4.78, 5) is 4.00. The zero-order valence-corrected chi connectivity index (χ0v) is 6.70. The molecule has 0 bridgehead atoms. The fraction of sp³-hybridized carbons (Fsp3) is 1.00. The van der Waals surface area contributed by atoms with Crippen LogP contribution >= 0.6 is 12.4 Å². The van der Waals surface area contributed by atoms with Crippen LogP contribution in [0.3, 0.4) is 0 Å². The van der Waals surface area contributed by atoms with Gasteiger partial charge in [-0.05, 0) is 28.2 Å². The lowest BCUT2D eigenvalue weighted by atomic mass is 10.1. The van der Waals surface area contributed by atoms with Gasteiger partial charge in [-0.1, -0.05) is 0 Å². The van der Waals surface area contributed by atoms with Crippen LogP contribution < -0.4 is 0 Å². The minimum absolute atomic E-state index is 0. The monoisotopic (exact) mass is 135 g/mol. The molecule has 0 fully saturated rings. The maximum atomic E-state index is 2.00. The molecule has 0 aromatic heterocycles. The van der Waals surface area contributed by atoms with E-state index in [1.54, 1.807) is 0 Å². The summed E-state index contributed by atoms with van der Waals surface area (Å²) in [5, 5.41) is 0. The first-order valence-electron chi connectivity index (χ1n) is 2.31. The molecule has 0 saturated carbocycles. The molecular formula is C4H13BClN2. The van der Waals surface area contributed by atoms with Gasteiger partial charge in [0.1, 0.15) is 0 Å².